The molecule has 5 aromatic rings. The van der Waals surface area contributed by atoms with Crippen LogP contribution in [0, 0.1) is 0 Å². The molecule has 0 aliphatic heterocycles. The van der Waals surface area contributed by atoms with E-state index in [0.717, 1.165) is 39.9 Å². The highest BCUT2D eigenvalue weighted by molar-refractivity contribution is 7.80. The first-order chi connectivity index (χ1) is 18.0. The van der Waals surface area contributed by atoms with Crippen molar-refractivity contribution in [2.75, 3.05) is 5.32 Å². The normalized spacial score (nSPS) is 11.7. The number of hydrogen-bond donors (Lipinski definition) is 2. The second-order valence-electron chi connectivity index (χ2n) is 8.99. The van der Waals surface area contributed by atoms with Crippen molar-refractivity contribution in [2.45, 2.75) is 26.2 Å². The molecule has 0 unspecified atom stereocenters. The number of amides is 1. The van der Waals surface area contributed by atoms with Crippen molar-refractivity contribution in [1.82, 2.24) is 10.3 Å². The van der Waals surface area contributed by atoms with Gasteiger partial charge in [-0.1, -0.05) is 68.4 Å². The lowest BCUT2D eigenvalue weighted by Crippen LogP contribution is -2.34. The van der Waals surface area contributed by atoms with Crippen LogP contribution in [0.15, 0.2) is 101 Å². The van der Waals surface area contributed by atoms with E-state index >= 15 is 0 Å². The van der Waals surface area contributed by atoms with Gasteiger partial charge in [0.1, 0.15) is 5.52 Å². The molecule has 184 valence electrons. The minimum Gasteiger partial charge on any atom is -0.436 e. The Bertz CT molecular complexity index is 1560. The summed E-state index contributed by atoms with van der Waals surface area (Å²) in [6.45, 7) is 4.38. The number of benzene rings is 4. The van der Waals surface area contributed by atoms with Gasteiger partial charge in [-0.05, 0) is 83.7 Å². The molecule has 1 atom stereocenters. The predicted octanol–water partition coefficient (Wildman–Crippen LogP) is 7.80. The molecule has 0 bridgehead atoms. The Hall–Kier alpha value is -4.29. The van der Waals surface area contributed by atoms with Crippen molar-refractivity contribution < 1.29 is 9.21 Å². The van der Waals surface area contributed by atoms with E-state index in [1.807, 2.05) is 72.8 Å². The van der Waals surface area contributed by atoms with Crippen molar-refractivity contribution in [3.05, 3.63) is 108 Å². The minimum atomic E-state index is -0.274. The van der Waals surface area contributed by atoms with Gasteiger partial charge >= 0.3 is 0 Å². The molecule has 0 saturated heterocycles. The molecule has 1 heterocycles. The van der Waals surface area contributed by atoms with Gasteiger partial charge in [0.05, 0.1) is 0 Å². The van der Waals surface area contributed by atoms with Crippen molar-refractivity contribution in [1.29, 1.82) is 0 Å². The summed E-state index contributed by atoms with van der Waals surface area (Å²) in [7, 11) is 0. The van der Waals surface area contributed by atoms with E-state index in [1.165, 1.54) is 5.56 Å². The van der Waals surface area contributed by atoms with Crippen LogP contribution in [0.25, 0.3) is 33.7 Å². The Kier molecular flexibility index (Phi) is 7.10. The molecule has 0 fully saturated rings. The van der Waals surface area contributed by atoms with E-state index in [9.17, 15) is 4.79 Å². The van der Waals surface area contributed by atoms with Gasteiger partial charge in [0.25, 0.3) is 5.91 Å². The van der Waals surface area contributed by atoms with Crippen LogP contribution in [0.3, 0.4) is 0 Å². The zero-order valence-electron chi connectivity index (χ0n) is 20.7. The van der Waals surface area contributed by atoms with Crippen LogP contribution in [-0.2, 0) is 0 Å². The number of oxazole rings is 1. The van der Waals surface area contributed by atoms with Crippen LogP contribution in [0.4, 0.5) is 5.69 Å². The van der Waals surface area contributed by atoms with Gasteiger partial charge in [-0.2, -0.15) is 0 Å². The van der Waals surface area contributed by atoms with Gasteiger partial charge in [0.2, 0.25) is 5.89 Å². The summed E-state index contributed by atoms with van der Waals surface area (Å²) in [6, 6.07) is 31.2. The number of aromatic nitrogens is 1. The lowest BCUT2D eigenvalue weighted by Gasteiger charge is -2.10. The van der Waals surface area contributed by atoms with Crippen LogP contribution >= 0.6 is 12.2 Å². The van der Waals surface area contributed by atoms with Crippen LogP contribution in [0.5, 0.6) is 0 Å². The number of thiocarbonyl (C=S) groups is 1. The number of nitrogens with zero attached hydrogens (tertiary/aromatic N) is 1. The molecule has 5 nitrogen and oxygen atoms in total. The largest absolute Gasteiger partial charge is 0.436 e. The Morgan fingerprint density at radius 2 is 1.62 bits per heavy atom. The molecule has 1 amide bonds. The molecular weight excluding hydrogens is 478 g/mol. The standard InChI is InChI=1S/C31H27N3O2S/c1-3-20(2)24-16-17-28-27(19-24)33-30(36-28)25-10-7-11-26(18-25)32-31(37)34-29(35)23-14-12-22(13-15-23)21-8-5-4-6-9-21/h4-20H,3H2,1-2H3,(H2,32,34,35,37)/t20-/m0/s1. The third kappa shape index (κ3) is 5.60. The highest BCUT2D eigenvalue weighted by atomic mass is 32.1. The molecule has 2 N–H and O–H groups in total. The number of carbonyl (C=O) groups excluding carboxylic acids is 1. The zero-order valence-corrected chi connectivity index (χ0v) is 21.5. The molecule has 0 aliphatic carbocycles. The van der Waals surface area contributed by atoms with Crippen molar-refractivity contribution in [3.63, 3.8) is 0 Å². The lowest BCUT2D eigenvalue weighted by molar-refractivity contribution is 0.0977. The van der Waals surface area contributed by atoms with E-state index < -0.39 is 0 Å². The number of rotatable bonds is 6. The van der Waals surface area contributed by atoms with Crippen LogP contribution < -0.4 is 10.6 Å². The fraction of sp³-hybridized carbons (Fsp3) is 0.129. The molecule has 37 heavy (non-hydrogen) atoms. The molecule has 6 heteroatoms. The molecule has 0 aliphatic rings. The fourth-order valence-corrected chi connectivity index (χ4v) is 4.33. The maximum absolute atomic E-state index is 12.7. The Balaban J connectivity index is 1.26. The van der Waals surface area contributed by atoms with Gasteiger partial charge in [0, 0.05) is 16.8 Å². The first-order valence-corrected chi connectivity index (χ1v) is 12.7. The van der Waals surface area contributed by atoms with Gasteiger partial charge in [-0.3, -0.25) is 10.1 Å². The molecule has 0 saturated carbocycles. The van der Waals surface area contributed by atoms with Gasteiger partial charge in [-0.15, -0.1) is 0 Å². The minimum absolute atomic E-state index is 0.213. The molecule has 5 rings (SSSR count). The van der Waals surface area contributed by atoms with E-state index in [0.29, 0.717) is 17.4 Å². The molecule has 1 aromatic heterocycles. The van der Waals surface area contributed by atoms with Crippen molar-refractivity contribution >= 4 is 40.0 Å². The first kappa shape index (κ1) is 24.4. The topological polar surface area (TPSA) is 67.2 Å². The highest BCUT2D eigenvalue weighted by Crippen LogP contribution is 2.29. The van der Waals surface area contributed by atoms with Crippen molar-refractivity contribution in [3.8, 4) is 22.6 Å². The van der Waals surface area contributed by atoms with Crippen LogP contribution in [-0.4, -0.2) is 16.0 Å². The maximum Gasteiger partial charge on any atom is 0.257 e. The molecule has 0 spiro atoms. The summed E-state index contributed by atoms with van der Waals surface area (Å²) in [5.41, 5.74) is 7.06. The van der Waals surface area contributed by atoms with E-state index in [2.05, 4.69) is 36.6 Å². The predicted molar refractivity (Wildman–Crippen MR) is 154 cm³/mol. The number of fused-ring (bicyclic) bond motifs is 1. The second kappa shape index (κ2) is 10.8. The van der Waals surface area contributed by atoms with E-state index in [-0.39, 0.29) is 11.0 Å². The summed E-state index contributed by atoms with van der Waals surface area (Å²) in [6.07, 6.45) is 1.07. The summed E-state index contributed by atoms with van der Waals surface area (Å²) in [4.78, 5) is 17.4. The fourth-order valence-electron chi connectivity index (χ4n) is 4.12. The molecule has 4 aromatic carbocycles. The van der Waals surface area contributed by atoms with Gasteiger partial charge < -0.3 is 9.73 Å². The maximum atomic E-state index is 12.7. The molecule has 0 radical (unpaired) electrons. The van der Waals surface area contributed by atoms with Crippen molar-refractivity contribution in [2.24, 2.45) is 0 Å². The van der Waals surface area contributed by atoms with Gasteiger partial charge in [0.15, 0.2) is 10.7 Å². The Morgan fingerprint density at radius 1 is 0.892 bits per heavy atom. The Morgan fingerprint density at radius 3 is 2.38 bits per heavy atom. The monoisotopic (exact) mass is 505 g/mol. The lowest BCUT2D eigenvalue weighted by atomic mass is 9.98. The average Bonchev–Trinajstić information content (AvgIpc) is 3.37. The second-order valence-corrected chi connectivity index (χ2v) is 9.40. The number of anilines is 1. The molecular formula is C31H27N3O2S. The average molecular weight is 506 g/mol. The van der Waals surface area contributed by atoms with E-state index in [1.54, 1.807) is 12.1 Å². The van der Waals surface area contributed by atoms with Gasteiger partial charge in [-0.25, -0.2) is 4.98 Å². The van der Waals surface area contributed by atoms with Crippen LogP contribution in [0.1, 0.15) is 42.1 Å². The number of hydrogen-bond acceptors (Lipinski definition) is 4. The third-order valence-electron chi connectivity index (χ3n) is 6.44. The zero-order chi connectivity index (χ0) is 25.8. The summed E-state index contributed by atoms with van der Waals surface area (Å²) in [5.74, 6) is 0.729. The summed E-state index contributed by atoms with van der Waals surface area (Å²) in [5, 5.41) is 6.05. The van der Waals surface area contributed by atoms with E-state index in [4.69, 9.17) is 21.6 Å². The number of carbonyl (C=O) groups is 1. The number of nitrogens with one attached hydrogen (secondary N) is 2. The summed E-state index contributed by atoms with van der Waals surface area (Å²) < 4.78 is 6.00. The third-order valence-corrected chi connectivity index (χ3v) is 6.65. The Labute approximate surface area is 221 Å². The summed E-state index contributed by atoms with van der Waals surface area (Å²) >= 11 is 5.40. The van der Waals surface area contributed by atoms with Crippen LogP contribution in [0.2, 0.25) is 0 Å². The quantitative estimate of drug-likeness (QED) is 0.230. The first-order valence-electron chi connectivity index (χ1n) is 12.3. The SMILES string of the molecule is CC[C@H](C)c1ccc2oc(-c3cccc(NC(=S)NC(=O)c4ccc(-c5ccccc5)cc4)c3)nc2c1. The smallest absolute Gasteiger partial charge is 0.257 e. The highest BCUT2D eigenvalue weighted by Gasteiger charge is 2.13.